The van der Waals surface area contributed by atoms with Crippen LogP contribution in [-0.2, 0) is 43.8 Å². The molecule has 0 saturated heterocycles. The zero-order valence-electron chi connectivity index (χ0n) is 42.0. The van der Waals surface area contributed by atoms with Gasteiger partial charge in [0, 0.05) is 24.7 Å². The standard InChI is InChI=1S/C36H28OP2.C17H14NP.3CH2Cl2.CHF3O3S.CHF3S.Pt/c1-5-17-29(18-6-1)38(30-19-7-2-8-20-30)35-27-15-13-25-33(35)37-34-26-14-16-28-36(34)39(31-21-9-3-10-22-31)32-23-11-4-12-24-32;1-3-9-15(10-4-1)19(16-11-5-2-6-12-16)17-13-7-8-14-18-17;3*2-1-3;2-1(3,4)8(5,6)7;2-1(3,4)5;/h1-28H;1-14H;3*1H2;(H,5,6,7);5H;/q;;;;;;;+2/p-2. The van der Waals surface area contributed by atoms with E-state index in [0.29, 0.717) is 0 Å². The van der Waals surface area contributed by atoms with Crippen LogP contribution in [0.25, 0.3) is 0 Å². The van der Waals surface area contributed by atoms with Crippen molar-refractivity contribution < 1.29 is 65.1 Å². The Morgan fingerprint density at radius 3 is 0.840 bits per heavy atom. The van der Waals surface area contributed by atoms with Crippen molar-refractivity contribution in [2.45, 2.75) is 11.0 Å². The van der Waals surface area contributed by atoms with E-state index in [1.54, 1.807) is 0 Å². The van der Waals surface area contributed by atoms with Crippen LogP contribution in [0.15, 0.2) is 255 Å². The van der Waals surface area contributed by atoms with Gasteiger partial charge in [-0.2, -0.15) is 26.3 Å². The van der Waals surface area contributed by atoms with Gasteiger partial charge in [0.25, 0.3) is 5.51 Å². The molecule has 0 aliphatic rings. The number of ether oxygens (including phenoxy) is 1. The number of hydrogen-bond donors (Lipinski definition) is 0. The van der Waals surface area contributed by atoms with Crippen LogP contribution in [0.2, 0.25) is 0 Å². The number of halogens is 12. The molecule has 1 aromatic heterocycles. The molecular weight excluding hydrogens is 1450 g/mol. The van der Waals surface area contributed by atoms with Crippen molar-refractivity contribution in [1.29, 1.82) is 0 Å². The molecule has 9 rings (SSSR count). The van der Waals surface area contributed by atoms with Gasteiger partial charge in [0.1, 0.15) is 11.5 Å². The summed E-state index contributed by atoms with van der Waals surface area (Å²) in [6.45, 7) is 0. The Bertz CT molecular complexity index is 2870. The number of nitrogens with zero attached hydrogens (tertiary/aromatic N) is 1. The molecule has 0 bridgehead atoms. The van der Waals surface area contributed by atoms with E-state index in [1.165, 1.54) is 42.4 Å². The van der Waals surface area contributed by atoms with Crippen LogP contribution in [-0.4, -0.2) is 45.0 Å². The average Bonchev–Trinajstić information content (AvgIpc) is 3.45. The molecule has 0 aliphatic carbocycles. The van der Waals surface area contributed by atoms with Crippen LogP contribution < -0.4 is 52.6 Å². The predicted molar refractivity (Wildman–Crippen MR) is 332 cm³/mol. The second-order valence-corrected chi connectivity index (χ2v) is 25.7. The van der Waals surface area contributed by atoms with Crippen molar-refractivity contribution in [3.8, 4) is 11.5 Å². The minimum absolute atomic E-state index is 0. The zero-order valence-corrected chi connectivity index (χ0v) is 53.1. The largest absolute Gasteiger partial charge is 2.00 e. The Labute approximate surface area is 523 Å². The minimum Gasteiger partial charge on any atom is -0.741 e. The topological polar surface area (TPSA) is 79.3 Å². The molecule has 81 heavy (non-hydrogen) atoms. The first-order valence-corrected chi connectivity index (χ1v) is 32.0. The van der Waals surface area contributed by atoms with E-state index in [0.717, 1.165) is 16.9 Å². The number of benzene rings is 8. The van der Waals surface area contributed by atoms with Crippen molar-refractivity contribution in [3.05, 3.63) is 255 Å². The van der Waals surface area contributed by atoms with Crippen LogP contribution in [0.4, 0.5) is 26.3 Å². The van der Waals surface area contributed by atoms with E-state index in [1.807, 2.05) is 12.3 Å². The zero-order chi connectivity index (χ0) is 58.8. The molecule has 0 saturated carbocycles. The second kappa shape index (κ2) is 40.5. The summed E-state index contributed by atoms with van der Waals surface area (Å²) in [5, 5.41) is 10.9. The third kappa shape index (κ3) is 27.7. The maximum atomic E-state index is 10.7. The number of hydrogen-bond acceptors (Lipinski definition) is 6. The monoisotopic (exact) mass is 1500 g/mol. The van der Waals surface area contributed by atoms with Crippen LogP contribution in [0, 0.1) is 0 Å². The van der Waals surface area contributed by atoms with Crippen molar-refractivity contribution in [3.63, 3.8) is 0 Å². The second-order valence-electron chi connectivity index (χ2n) is 14.9. The van der Waals surface area contributed by atoms with Crippen LogP contribution in [0.5, 0.6) is 11.5 Å². The molecule has 0 N–H and O–H groups in total. The van der Waals surface area contributed by atoms with E-state index < -0.39 is 44.9 Å². The van der Waals surface area contributed by atoms with E-state index >= 15 is 0 Å². The summed E-state index contributed by atoms with van der Waals surface area (Å²) in [4.78, 5) is 4.56. The fourth-order valence-corrected chi connectivity index (χ4v) is 13.7. The Morgan fingerprint density at radius 2 is 0.617 bits per heavy atom. The molecular formula is C58H48Cl6F6NO4P3PtS2. The molecule has 430 valence electrons. The van der Waals surface area contributed by atoms with Gasteiger partial charge in [-0.15, -0.1) is 69.6 Å². The molecule has 5 nitrogen and oxygen atoms in total. The summed E-state index contributed by atoms with van der Waals surface area (Å²) in [5.41, 5.74) is -8.91. The average molecular weight is 1500 g/mol. The summed E-state index contributed by atoms with van der Waals surface area (Å²) in [6, 6.07) is 87.6. The summed E-state index contributed by atoms with van der Waals surface area (Å²) < 4.78 is 96.3. The molecule has 0 aliphatic heterocycles. The van der Waals surface area contributed by atoms with Gasteiger partial charge in [0.05, 0.1) is 21.5 Å². The van der Waals surface area contributed by atoms with Gasteiger partial charge in [0.15, 0.2) is 10.1 Å². The molecule has 23 heteroatoms. The molecule has 1 heterocycles. The number of alkyl halides is 12. The van der Waals surface area contributed by atoms with E-state index in [2.05, 4.69) is 260 Å². The Kier molecular flexibility index (Phi) is 36.7. The molecule has 9 aromatic rings. The van der Waals surface area contributed by atoms with Gasteiger partial charge in [-0.3, -0.25) is 4.98 Å². The van der Waals surface area contributed by atoms with Gasteiger partial charge in [0.2, 0.25) is 0 Å². The van der Waals surface area contributed by atoms with Crippen LogP contribution in [0.3, 0.4) is 0 Å². The number of aromatic nitrogens is 1. The summed E-state index contributed by atoms with van der Waals surface area (Å²) in [6.07, 6.45) is 1.87. The quantitative estimate of drug-likeness (QED) is 0.0321. The van der Waals surface area contributed by atoms with Crippen molar-refractivity contribution in [2.24, 2.45) is 0 Å². The molecule has 0 atom stereocenters. The molecule has 0 radical (unpaired) electrons. The van der Waals surface area contributed by atoms with Gasteiger partial charge >= 0.3 is 26.6 Å². The number of pyridine rings is 1. The van der Waals surface area contributed by atoms with Crippen molar-refractivity contribution >= 4 is 164 Å². The van der Waals surface area contributed by atoms with E-state index in [9.17, 15) is 26.3 Å². The van der Waals surface area contributed by atoms with Gasteiger partial charge in [-0.05, 0) is 71.9 Å². The number of para-hydroxylation sites is 2. The first-order valence-electron chi connectivity index (χ1n) is 23.0. The Morgan fingerprint density at radius 1 is 0.407 bits per heavy atom. The van der Waals surface area contributed by atoms with Crippen LogP contribution >= 0.6 is 93.4 Å². The first-order chi connectivity index (χ1) is 38.3. The molecule has 0 unspecified atom stereocenters. The first kappa shape index (κ1) is 73.4. The molecule has 8 aromatic carbocycles. The molecule has 0 amide bonds. The Hall–Kier alpha value is -3.73. The smallest absolute Gasteiger partial charge is 0.741 e. The summed E-state index contributed by atoms with van der Waals surface area (Å²) in [7, 11) is -8.24. The molecule has 0 fully saturated rings. The van der Waals surface area contributed by atoms with Crippen LogP contribution in [0.1, 0.15) is 0 Å². The Balaban J connectivity index is 0.000000441. The van der Waals surface area contributed by atoms with Gasteiger partial charge < -0.3 is 21.9 Å². The predicted octanol–water partition coefficient (Wildman–Crippen LogP) is 15.2. The molecule has 0 spiro atoms. The van der Waals surface area contributed by atoms with Crippen molar-refractivity contribution in [2.75, 3.05) is 16.0 Å². The third-order valence-corrected chi connectivity index (χ3v) is 17.6. The third-order valence-electron chi connectivity index (χ3n) is 9.68. The fourth-order valence-electron chi connectivity index (χ4n) is 6.79. The fraction of sp³-hybridized carbons (Fsp3) is 0.0862. The SMILES string of the molecule is ClCCl.ClCCl.ClCCl.FC(F)(F)[S-].O=S(=O)([O-])C(F)(F)F.[Pt+2].c1ccc(P(c2ccccc2)c2ccccc2Oc2ccccc2P(c2ccccc2)c2ccccc2)cc1.c1ccc(P(c2ccccc2)c2ccccn2)cc1. The van der Waals surface area contributed by atoms with Gasteiger partial charge in [-0.25, -0.2) is 8.42 Å². The van der Waals surface area contributed by atoms with Crippen molar-refractivity contribution in [1.82, 2.24) is 4.98 Å². The van der Waals surface area contributed by atoms with E-state index in [-0.39, 0.29) is 37.1 Å². The maximum Gasteiger partial charge on any atom is 2.00 e. The normalized spacial score (nSPS) is 10.6. The summed E-state index contributed by atoms with van der Waals surface area (Å²) in [5.74, 6) is 1.81. The minimum atomic E-state index is -6.09. The summed E-state index contributed by atoms with van der Waals surface area (Å²) >= 11 is 31.4. The number of rotatable bonds is 11. The maximum absolute atomic E-state index is 10.7. The van der Waals surface area contributed by atoms with Gasteiger partial charge in [-0.1, -0.05) is 224 Å². The van der Waals surface area contributed by atoms with E-state index in [4.69, 9.17) is 87.3 Å².